The molecule has 0 unspecified atom stereocenters. The highest BCUT2D eigenvalue weighted by atomic mass is 32.1. The molecule has 0 aliphatic rings. The van der Waals surface area contributed by atoms with Crippen molar-refractivity contribution in [2.24, 2.45) is 0 Å². The van der Waals surface area contributed by atoms with Crippen molar-refractivity contribution in [3.63, 3.8) is 0 Å². The molecule has 0 atom stereocenters. The van der Waals surface area contributed by atoms with Gasteiger partial charge in [-0.15, -0.1) is 34.0 Å². The minimum atomic E-state index is 1.26. The van der Waals surface area contributed by atoms with Gasteiger partial charge >= 0.3 is 0 Å². The van der Waals surface area contributed by atoms with Gasteiger partial charge in [-0.25, -0.2) is 0 Å². The highest BCUT2D eigenvalue weighted by molar-refractivity contribution is 7.22. The fourth-order valence-electron chi connectivity index (χ4n) is 7.28. The first kappa shape index (κ1) is 30.3. The largest absolute Gasteiger partial charge is 0.134 e. The van der Waals surface area contributed by atoms with Crippen LogP contribution in [0.5, 0.6) is 0 Å². The molecule has 0 aliphatic heterocycles. The van der Waals surface area contributed by atoms with Gasteiger partial charge in [0.15, 0.2) is 0 Å². The first-order valence-corrected chi connectivity index (χ1v) is 19.6. The molecule has 0 aliphatic carbocycles. The van der Waals surface area contributed by atoms with Gasteiger partial charge in [0.2, 0.25) is 0 Å². The third-order valence-corrected chi connectivity index (χ3v) is 13.7. The van der Waals surface area contributed by atoms with Gasteiger partial charge in [0.1, 0.15) is 0 Å². The Morgan fingerprint density at radius 1 is 0.176 bits per heavy atom. The summed E-state index contributed by atoms with van der Waals surface area (Å²) in [6.45, 7) is 0. The molecule has 10 rings (SSSR count). The molecule has 0 fully saturated rings. The molecule has 0 radical (unpaired) electrons. The highest BCUT2D eigenvalue weighted by Gasteiger charge is 2.18. The predicted octanol–water partition coefficient (Wildman–Crippen LogP) is 15.3. The second-order valence-corrected chi connectivity index (χ2v) is 15.9. The Morgan fingerprint density at radius 2 is 0.353 bits per heavy atom. The van der Waals surface area contributed by atoms with Crippen LogP contribution in [-0.4, -0.2) is 0 Å². The van der Waals surface area contributed by atoms with E-state index in [-0.39, 0.29) is 0 Å². The third kappa shape index (κ3) is 5.25. The zero-order chi connectivity index (χ0) is 33.7. The SMILES string of the molecule is c1ccc(-c2sc(-c3ccc(-c4sc(-c5ccc(-c6sc(-c7ccccc7)c7ccccc67)cc5)c5ccccc45)cc3)c3ccccc23)cc1. The monoisotopic (exact) mass is 702 g/mol. The molecule has 0 saturated carbocycles. The van der Waals surface area contributed by atoms with Crippen molar-refractivity contribution in [3.8, 4) is 62.6 Å². The second kappa shape index (κ2) is 12.6. The standard InChI is InChI=1S/C48H30S3/c1-3-13-31(14-4-1)43-37-17-7-9-19-39(37)45(49-43)33-23-27-35(28-24-33)47-41-21-11-12-22-42(41)48(51-47)36-29-25-34(26-30-36)46-40-20-10-8-18-38(40)44(50-46)32-15-5-2-6-16-32/h1-30H. The second-order valence-electron chi connectivity index (χ2n) is 12.8. The minimum absolute atomic E-state index is 1.26. The summed E-state index contributed by atoms with van der Waals surface area (Å²) in [7, 11) is 0. The summed E-state index contributed by atoms with van der Waals surface area (Å²) in [5.74, 6) is 0. The van der Waals surface area contributed by atoms with E-state index in [1.807, 2.05) is 34.0 Å². The average molecular weight is 703 g/mol. The van der Waals surface area contributed by atoms with Crippen molar-refractivity contribution in [2.75, 3.05) is 0 Å². The van der Waals surface area contributed by atoms with Crippen LogP contribution in [0.4, 0.5) is 0 Å². The van der Waals surface area contributed by atoms with Crippen molar-refractivity contribution < 1.29 is 0 Å². The van der Waals surface area contributed by atoms with Crippen LogP contribution >= 0.6 is 34.0 Å². The fourth-order valence-corrected chi connectivity index (χ4v) is 11.1. The zero-order valence-corrected chi connectivity index (χ0v) is 30.0. The average Bonchev–Trinajstić information content (AvgIpc) is 3.91. The number of thiophene rings is 3. The molecule has 0 spiro atoms. The van der Waals surface area contributed by atoms with E-state index in [1.165, 1.54) is 95.0 Å². The van der Waals surface area contributed by atoms with Crippen LogP contribution in [0.15, 0.2) is 182 Å². The van der Waals surface area contributed by atoms with Crippen LogP contribution in [0, 0.1) is 0 Å². The van der Waals surface area contributed by atoms with Crippen molar-refractivity contribution in [2.45, 2.75) is 0 Å². The van der Waals surface area contributed by atoms with Crippen LogP contribution in [-0.2, 0) is 0 Å². The van der Waals surface area contributed by atoms with Crippen molar-refractivity contribution in [1.82, 2.24) is 0 Å². The summed E-state index contributed by atoms with van der Waals surface area (Å²) in [6, 6.07) is 66.5. The topological polar surface area (TPSA) is 0 Å². The Hall–Kier alpha value is -5.58. The molecule has 0 bridgehead atoms. The van der Waals surface area contributed by atoms with Gasteiger partial charge in [0, 0.05) is 61.6 Å². The van der Waals surface area contributed by atoms with Crippen LogP contribution in [0.1, 0.15) is 0 Å². The Labute approximate surface area is 309 Å². The molecule has 3 heteroatoms. The normalized spacial score (nSPS) is 11.5. The van der Waals surface area contributed by atoms with E-state index in [0.717, 1.165) is 0 Å². The first-order valence-electron chi connectivity index (χ1n) is 17.2. The summed E-state index contributed by atoms with van der Waals surface area (Å²) >= 11 is 5.67. The smallest absolute Gasteiger partial charge is 0.0428 e. The lowest BCUT2D eigenvalue weighted by molar-refractivity contribution is 1.69. The Kier molecular flexibility index (Phi) is 7.50. The van der Waals surface area contributed by atoms with E-state index in [9.17, 15) is 0 Å². The zero-order valence-electron chi connectivity index (χ0n) is 27.5. The quantitative estimate of drug-likeness (QED) is 0.162. The molecule has 0 nitrogen and oxygen atoms in total. The lowest BCUT2D eigenvalue weighted by Gasteiger charge is -2.04. The van der Waals surface area contributed by atoms with Gasteiger partial charge in [-0.05, 0) is 33.4 Å². The van der Waals surface area contributed by atoms with E-state index >= 15 is 0 Å². The Bertz CT molecular complexity index is 2620. The summed E-state index contributed by atoms with van der Waals surface area (Å²) in [5, 5.41) is 7.87. The van der Waals surface area contributed by atoms with Crippen LogP contribution in [0.25, 0.3) is 95.0 Å². The van der Waals surface area contributed by atoms with Gasteiger partial charge in [0.25, 0.3) is 0 Å². The van der Waals surface area contributed by atoms with E-state index < -0.39 is 0 Å². The summed E-state index contributed by atoms with van der Waals surface area (Å²) in [4.78, 5) is 7.93. The van der Waals surface area contributed by atoms with Gasteiger partial charge in [-0.1, -0.05) is 182 Å². The molecular formula is C48H30S3. The number of hydrogen-bond donors (Lipinski definition) is 0. The number of benzene rings is 7. The van der Waals surface area contributed by atoms with Gasteiger partial charge in [0.05, 0.1) is 0 Å². The number of hydrogen-bond acceptors (Lipinski definition) is 3. The molecule has 0 saturated heterocycles. The Morgan fingerprint density at radius 3 is 0.569 bits per heavy atom. The molecule has 3 heterocycles. The van der Waals surface area contributed by atoms with E-state index in [2.05, 4.69) is 182 Å². The molecule has 0 N–H and O–H groups in total. The first-order chi connectivity index (χ1) is 25.3. The number of rotatable bonds is 6. The molecule has 240 valence electrons. The minimum Gasteiger partial charge on any atom is -0.134 e. The molecule has 51 heavy (non-hydrogen) atoms. The van der Waals surface area contributed by atoms with Gasteiger partial charge < -0.3 is 0 Å². The maximum absolute atomic E-state index is 2.31. The van der Waals surface area contributed by atoms with Crippen LogP contribution < -0.4 is 0 Å². The summed E-state index contributed by atoms with van der Waals surface area (Å²) in [6.07, 6.45) is 0. The van der Waals surface area contributed by atoms with Crippen LogP contribution in [0.3, 0.4) is 0 Å². The molecule has 10 aromatic rings. The van der Waals surface area contributed by atoms with Crippen LogP contribution in [0.2, 0.25) is 0 Å². The molecule has 3 aromatic heterocycles. The number of fused-ring (bicyclic) bond motifs is 3. The van der Waals surface area contributed by atoms with E-state index in [0.29, 0.717) is 0 Å². The van der Waals surface area contributed by atoms with Crippen molar-refractivity contribution >= 4 is 66.3 Å². The highest BCUT2D eigenvalue weighted by Crippen LogP contribution is 2.48. The van der Waals surface area contributed by atoms with E-state index in [4.69, 9.17) is 0 Å². The van der Waals surface area contributed by atoms with Gasteiger partial charge in [-0.2, -0.15) is 0 Å². The lowest BCUT2D eigenvalue weighted by Crippen LogP contribution is -1.77. The predicted molar refractivity (Wildman–Crippen MR) is 225 cm³/mol. The third-order valence-electron chi connectivity index (χ3n) is 9.75. The Balaban J connectivity index is 1.01. The lowest BCUT2D eigenvalue weighted by atomic mass is 10.0. The fraction of sp³-hybridized carbons (Fsp3) is 0. The molecular weight excluding hydrogens is 673 g/mol. The molecule has 7 aromatic carbocycles. The van der Waals surface area contributed by atoms with Crippen molar-refractivity contribution in [1.29, 1.82) is 0 Å². The maximum atomic E-state index is 2.31. The van der Waals surface area contributed by atoms with Gasteiger partial charge in [-0.3, -0.25) is 0 Å². The summed E-state index contributed by atoms with van der Waals surface area (Å²) < 4.78 is 0. The van der Waals surface area contributed by atoms with E-state index in [1.54, 1.807) is 0 Å². The maximum Gasteiger partial charge on any atom is 0.0428 e. The van der Waals surface area contributed by atoms with Crippen molar-refractivity contribution in [3.05, 3.63) is 182 Å². The summed E-state index contributed by atoms with van der Waals surface area (Å²) in [5.41, 5.74) is 7.57. The molecule has 0 amide bonds.